The summed E-state index contributed by atoms with van der Waals surface area (Å²) in [5.74, 6) is 7.74. The van der Waals surface area contributed by atoms with E-state index in [0.717, 1.165) is 11.1 Å². The molecule has 0 atom stereocenters. The summed E-state index contributed by atoms with van der Waals surface area (Å²) < 4.78 is 0. The zero-order valence-corrected chi connectivity index (χ0v) is 35.3. The van der Waals surface area contributed by atoms with E-state index < -0.39 is 16.1 Å². The fourth-order valence-corrected chi connectivity index (χ4v) is 17.9. The second kappa shape index (κ2) is 13.7. The highest BCUT2D eigenvalue weighted by Crippen LogP contribution is 2.40. The van der Waals surface area contributed by atoms with E-state index in [1.54, 1.807) is 0 Å². The molecule has 5 aromatic rings. The van der Waals surface area contributed by atoms with Gasteiger partial charge in [0.05, 0.1) is 0 Å². The van der Waals surface area contributed by atoms with Crippen molar-refractivity contribution in [3.8, 4) is 22.9 Å². The van der Waals surface area contributed by atoms with Crippen molar-refractivity contribution in [2.75, 3.05) is 0 Å². The van der Waals surface area contributed by atoms with Crippen LogP contribution in [0.1, 0.15) is 103 Å². The number of hydrogen-bond acceptors (Lipinski definition) is 0. The van der Waals surface area contributed by atoms with Crippen molar-refractivity contribution >= 4 is 59.2 Å². The second-order valence-electron chi connectivity index (χ2n) is 16.5. The largest absolute Gasteiger partial charge is 0.169 e. The zero-order chi connectivity index (χ0) is 37.0. The molecule has 50 heavy (non-hydrogen) atoms. The van der Waals surface area contributed by atoms with Gasteiger partial charge in [0, 0.05) is 11.1 Å². The van der Waals surface area contributed by atoms with Crippen LogP contribution in [0.25, 0.3) is 43.1 Å². The molecule has 0 radical (unpaired) electrons. The highest BCUT2D eigenvalue weighted by Gasteiger charge is 2.41. The predicted molar refractivity (Wildman–Crippen MR) is 231 cm³/mol. The van der Waals surface area contributed by atoms with E-state index in [1.165, 1.54) is 75.7 Å². The maximum atomic E-state index is 4.53. The van der Waals surface area contributed by atoms with Crippen molar-refractivity contribution in [3.63, 3.8) is 0 Å². The van der Waals surface area contributed by atoms with E-state index >= 15 is 0 Å². The van der Waals surface area contributed by atoms with E-state index in [9.17, 15) is 0 Å². The van der Waals surface area contributed by atoms with Crippen LogP contribution in [0.3, 0.4) is 0 Å². The fraction of sp³-hybridized carbons (Fsp3) is 0.375. The monoisotopic (exact) mass is 690 g/mol. The number of rotatable bonds is 6. The molecule has 0 N–H and O–H groups in total. The summed E-state index contributed by atoms with van der Waals surface area (Å²) in [5.41, 5.74) is 17.3. The molecule has 258 valence electrons. The second-order valence-corrected chi connectivity index (χ2v) is 26.8. The van der Waals surface area contributed by atoms with E-state index in [0.29, 0.717) is 22.2 Å². The molecular weight excluding hydrogens is 633 g/mol. The SMILES string of the molecule is C=C(C)[Si](C#Cc1c(C)c(C)c(C#C[Si](C(=C)C)(C(C)C)C(C)C)c2cc3cc4cc5cc(C)c(C)cc5cc4cc3cc12)(C(C)C)C(C)C. The third-order valence-corrected chi connectivity index (χ3v) is 23.4. The van der Waals surface area contributed by atoms with Gasteiger partial charge >= 0.3 is 0 Å². The Morgan fingerprint density at radius 3 is 0.980 bits per heavy atom. The first kappa shape index (κ1) is 37.4. The Kier molecular flexibility index (Phi) is 10.3. The Balaban J connectivity index is 1.93. The Hall–Kier alpha value is -3.83. The number of benzene rings is 5. The van der Waals surface area contributed by atoms with Gasteiger partial charge in [-0.2, -0.15) is 0 Å². The minimum absolute atomic E-state index is 0.479. The van der Waals surface area contributed by atoms with Gasteiger partial charge in [-0.05, 0) is 165 Å². The quantitative estimate of drug-likeness (QED) is 0.0945. The lowest BCUT2D eigenvalue weighted by Crippen LogP contribution is -2.41. The maximum Gasteiger partial charge on any atom is 0.169 e. The lowest BCUT2D eigenvalue weighted by Gasteiger charge is -2.35. The molecule has 2 heteroatoms. The van der Waals surface area contributed by atoms with Crippen LogP contribution in [0.15, 0.2) is 72.1 Å². The molecule has 0 bridgehead atoms. The van der Waals surface area contributed by atoms with Gasteiger partial charge in [0.15, 0.2) is 16.1 Å². The average Bonchev–Trinajstić information content (AvgIpc) is 3.01. The smallest absolute Gasteiger partial charge is 0.120 e. The molecule has 5 aromatic carbocycles. The van der Waals surface area contributed by atoms with Crippen LogP contribution >= 0.6 is 0 Å². The molecule has 0 heterocycles. The van der Waals surface area contributed by atoms with Crippen LogP contribution in [0.2, 0.25) is 22.2 Å². The van der Waals surface area contributed by atoms with Crippen molar-refractivity contribution in [1.29, 1.82) is 0 Å². The molecule has 0 saturated heterocycles. The van der Waals surface area contributed by atoms with Crippen LogP contribution in [0.5, 0.6) is 0 Å². The van der Waals surface area contributed by atoms with Crippen LogP contribution in [-0.4, -0.2) is 16.1 Å². The topological polar surface area (TPSA) is 0 Å². The van der Waals surface area contributed by atoms with Crippen LogP contribution in [0.4, 0.5) is 0 Å². The first-order chi connectivity index (χ1) is 23.4. The summed E-state index contributed by atoms with van der Waals surface area (Å²) in [5, 5.41) is 12.6. The third-order valence-electron chi connectivity index (χ3n) is 12.2. The summed E-state index contributed by atoms with van der Waals surface area (Å²) in [4.78, 5) is 0. The molecular formula is C48H58Si2. The highest BCUT2D eigenvalue weighted by atomic mass is 28.3. The molecule has 0 amide bonds. The van der Waals surface area contributed by atoms with Crippen molar-refractivity contribution in [1.82, 2.24) is 0 Å². The standard InChI is InChI=1S/C48H58Si2/c1-29(2)49(30(3)4,31(5)6)19-17-45-37(15)38(16)46(18-20-50(32(7)8,33(9)10)34(11)12)48-28-44-26-42-24-40-22-36(14)35(13)21-39(40)23-41(42)25-43(44)27-47(45)48/h21-28,30-31,33-34H,1,7H2,2-6,8-16H3. The lowest BCUT2D eigenvalue weighted by molar-refractivity contribution is 0.920. The van der Waals surface area contributed by atoms with Crippen LogP contribution < -0.4 is 0 Å². The summed E-state index contributed by atoms with van der Waals surface area (Å²) in [6, 6.07) is 18.9. The van der Waals surface area contributed by atoms with E-state index in [-0.39, 0.29) is 0 Å². The van der Waals surface area contributed by atoms with Crippen molar-refractivity contribution in [2.24, 2.45) is 0 Å². The van der Waals surface area contributed by atoms with Crippen molar-refractivity contribution in [3.05, 3.63) is 105 Å². The Labute approximate surface area is 305 Å². The molecule has 0 unspecified atom stereocenters. The summed E-state index contributed by atoms with van der Waals surface area (Å²) in [7, 11) is -4.28. The van der Waals surface area contributed by atoms with Gasteiger partial charge in [-0.1, -0.05) is 89.8 Å². The van der Waals surface area contributed by atoms with Gasteiger partial charge in [-0.25, -0.2) is 0 Å². The maximum absolute atomic E-state index is 4.53. The summed E-state index contributed by atoms with van der Waals surface area (Å²) in [6.07, 6.45) is 0. The molecule has 0 aliphatic heterocycles. The van der Waals surface area contributed by atoms with Crippen molar-refractivity contribution in [2.45, 2.75) is 119 Å². The predicted octanol–water partition coefficient (Wildman–Crippen LogP) is 14.1. The molecule has 0 aromatic heterocycles. The Bertz CT molecular complexity index is 2160. The first-order valence-electron chi connectivity index (χ1n) is 18.6. The summed E-state index contributed by atoms with van der Waals surface area (Å²) >= 11 is 0. The number of allylic oxidation sites excluding steroid dienone is 2. The zero-order valence-electron chi connectivity index (χ0n) is 33.3. The molecule has 0 saturated carbocycles. The molecule has 0 nitrogen and oxygen atoms in total. The fourth-order valence-electron chi connectivity index (χ4n) is 9.02. The van der Waals surface area contributed by atoms with E-state index in [4.69, 9.17) is 0 Å². The van der Waals surface area contributed by atoms with Crippen LogP contribution in [0, 0.1) is 50.6 Å². The minimum atomic E-state index is -2.14. The Morgan fingerprint density at radius 2 is 0.720 bits per heavy atom. The van der Waals surface area contributed by atoms with Gasteiger partial charge in [0.25, 0.3) is 0 Å². The lowest BCUT2D eigenvalue weighted by atomic mass is 9.88. The highest BCUT2D eigenvalue weighted by molar-refractivity contribution is 6.95. The van der Waals surface area contributed by atoms with Gasteiger partial charge in [0.1, 0.15) is 0 Å². The van der Waals surface area contributed by atoms with Crippen molar-refractivity contribution < 1.29 is 0 Å². The van der Waals surface area contributed by atoms with Gasteiger partial charge in [-0.3, -0.25) is 0 Å². The third kappa shape index (κ3) is 6.10. The number of aryl methyl sites for hydroxylation is 2. The molecule has 0 aliphatic carbocycles. The molecule has 0 spiro atoms. The molecule has 0 fully saturated rings. The number of hydrogen-bond donors (Lipinski definition) is 0. The minimum Gasteiger partial charge on any atom is -0.120 e. The summed E-state index contributed by atoms with van der Waals surface area (Å²) in [6.45, 7) is 41.2. The van der Waals surface area contributed by atoms with Gasteiger partial charge < -0.3 is 0 Å². The first-order valence-corrected chi connectivity index (χ1v) is 22.9. The van der Waals surface area contributed by atoms with Gasteiger partial charge in [0.2, 0.25) is 0 Å². The van der Waals surface area contributed by atoms with Crippen LogP contribution in [-0.2, 0) is 0 Å². The van der Waals surface area contributed by atoms with E-state index in [1.807, 2.05) is 0 Å². The molecule has 0 aliphatic rings. The normalized spacial score (nSPS) is 12.4. The van der Waals surface area contributed by atoms with Gasteiger partial charge in [-0.15, -0.1) is 24.2 Å². The van der Waals surface area contributed by atoms with E-state index in [2.05, 4.69) is 182 Å². The number of fused-ring (bicyclic) bond motifs is 4. The Morgan fingerprint density at radius 1 is 0.460 bits per heavy atom. The molecule has 5 rings (SSSR count). The average molecular weight is 691 g/mol.